The van der Waals surface area contributed by atoms with Gasteiger partial charge in [0.05, 0.1) is 6.10 Å². The molecule has 0 fully saturated rings. The predicted octanol–water partition coefficient (Wildman–Crippen LogP) is 2.52. The van der Waals surface area contributed by atoms with Crippen LogP contribution in [0.15, 0.2) is 48.8 Å². The highest BCUT2D eigenvalue weighted by atomic mass is 35.5. The Morgan fingerprint density at radius 3 is 2.67 bits per heavy atom. The Hall–Kier alpha value is -1.91. The van der Waals surface area contributed by atoms with Crippen molar-refractivity contribution < 1.29 is 9.90 Å². The summed E-state index contributed by atoms with van der Waals surface area (Å²) in [6.45, 7) is 0.152. The van der Waals surface area contributed by atoms with Crippen LogP contribution in [0, 0.1) is 0 Å². The molecule has 1 aromatic heterocycles. The van der Waals surface area contributed by atoms with Crippen LogP contribution in [-0.4, -0.2) is 22.5 Å². The smallest absolute Gasteiger partial charge is 0.220 e. The van der Waals surface area contributed by atoms with Gasteiger partial charge >= 0.3 is 0 Å². The van der Waals surface area contributed by atoms with Gasteiger partial charge < -0.3 is 10.4 Å². The van der Waals surface area contributed by atoms with E-state index in [-0.39, 0.29) is 12.5 Å². The molecule has 4 nitrogen and oxygen atoms in total. The number of nitrogens with zero attached hydrogens (tertiary/aromatic N) is 1. The van der Waals surface area contributed by atoms with Gasteiger partial charge in [-0.15, -0.1) is 0 Å². The topological polar surface area (TPSA) is 62.2 Å². The maximum absolute atomic E-state index is 11.8. The number of aliphatic hydroxyl groups excluding tert-OH is 1. The highest BCUT2D eigenvalue weighted by Gasteiger charge is 2.12. The van der Waals surface area contributed by atoms with E-state index in [0.29, 0.717) is 23.4 Å². The molecule has 0 bridgehead atoms. The van der Waals surface area contributed by atoms with Crippen molar-refractivity contribution in [3.8, 4) is 0 Å². The zero-order chi connectivity index (χ0) is 15.1. The fourth-order valence-electron chi connectivity index (χ4n) is 1.96. The predicted molar refractivity (Wildman–Crippen MR) is 82.0 cm³/mol. The summed E-state index contributed by atoms with van der Waals surface area (Å²) in [6, 6.07) is 10.8. The summed E-state index contributed by atoms with van der Waals surface area (Å²) in [5.74, 6) is -0.0992. The van der Waals surface area contributed by atoms with Crippen molar-refractivity contribution in [2.24, 2.45) is 0 Å². The minimum Gasteiger partial charge on any atom is -0.387 e. The maximum Gasteiger partial charge on any atom is 0.220 e. The van der Waals surface area contributed by atoms with Crippen molar-refractivity contribution in [2.45, 2.75) is 18.9 Å². The minimum absolute atomic E-state index is 0.0992. The molecule has 0 radical (unpaired) electrons. The van der Waals surface area contributed by atoms with Crippen LogP contribution in [0.25, 0.3) is 0 Å². The second kappa shape index (κ2) is 7.76. The quantitative estimate of drug-likeness (QED) is 0.862. The van der Waals surface area contributed by atoms with Gasteiger partial charge in [-0.05, 0) is 30.2 Å². The largest absolute Gasteiger partial charge is 0.387 e. The second-order valence-electron chi connectivity index (χ2n) is 4.70. The van der Waals surface area contributed by atoms with Gasteiger partial charge in [-0.25, -0.2) is 0 Å². The first-order valence-electron chi connectivity index (χ1n) is 6.75. The number of amides is 1. The van der Waals surface area contributed by atoms with E-state index in [1.165, 1.54) is 0 Å². The molecule has 5 heteroatoms. The van der Waals surface area contributed by atoms with Gasteiger partial charge in [-0.1, -0.05) is 29.8 Å². The number of benzene rings is 1. The van der Waals surface area contributed by atoms with E-state index in [0.717, 1.165) is 5.56 Å². The molecule has 1 amide bonds. The normalized spacial score (nSPS) is 11.9. The molecule has 2 N–H and O–H groups in total. The molecule has 1 aromatic carbocycles. The molecule has 0 saturated heterocycles. The number of halogens is 1. The summed E-state index contributed by atoms with van der Waals surface area (Å²) < 4.78 is 0. The molecule has 2 aromatic rings. The zero-order valence-corrected chi connectivity index (χ0v) is 12.3. The van der Waals surface area contributed by atoms with E-state index in [9.17, 15) is 9.90 Å². The molecule has 0 aliphatic carbocycles. The third kappa shape index (κ3) is 4.85. The number of hydrogen-bond donors (Lipinski definition) is 2. The minimum atomic E-state index is -0.802. The van der Waals surface area contributed by atoms with E-state index in [1.54, 1.807) is 36.7 Å². The van der Waals surface area contributed by atoms with Gasteiger partial charge in [0.15, 0.2) is 0 Å². The summed E-state index contributed by atoms with van der Waals surface area (Å²) >= 11 is 6.00. The summed E-state index contributed by atoms with van der Waals surface area (Å²) in [5, 5.41) is 13.2. The van der Waals surface area contributed by atoms with Gasteiger partial charge in [0.2, 0.25) is 5.91 Å². The van der Waals surface area contributed by atoms with Crippen molar-refractivity contribution in [3.63, 3.8) is 0 Å². The van der Waals surface area contributed by atoms with E-state index < -0.39 is 6.10 Å². The van der Waals surface area contributed by atoms with Crippen LogP contribution < -0.4 is 5.32 Å². The molecule has 1 atom stereocenters. The monoisotopic (exact) mass is 304 g/mol. The number of carbonyl (C=O) groups excluding carboxylic acids is 1. The first kappa shape index (κ1) is 15.5. The lowest BCUT2D eigenvalue weighted by Crippen LogP contribution is -2.28. The highest BCUT2D eigenvalue weighted by Crippen LogP contribution is 2.21. The molecule has 1 heterocycles. The standard InChI is InChI=1S/C16H17ClN2O2/c17-14-4-2-1-3-13(14)15(20)11-19-16(21)6-5-12-7-9-18-10-8-12/h1-4,7-10,15,20H,5-6,11H2,(H,19,21). The number of aromatic nitrogens is 1. The number of aryl methyl sites for hydroxylation is 1. The van der Waals surface area contributed by atoms with Crippen molar-refractivity contribution in [1.29, 1.82) is 0 Å². The van der Waals surface area contributed by atoms with Gasteiger partial charge in [-0.2, -0.15) is 0 Å². The van der Waals surface area contributed by atoms with Gasteiger partial charge in [0.1, 0.15) is 0 Å². The molecule has 2 rings (SSSR count). The van der Waals surface area contributed by atoms with E-state index in [4.69, 9.17) is 11.6 Å². The fourth-order valence-corrected chi connectivity index (χ4v) is 2.22. The lowest BCUT2D eigenvalue weighted by atomic mass is 10.1. The number of hydrogen-bond acceptors (Lipinski definition) is 3. The van der Waals surface area contributed by atoms with Crippen LogP contribution in [0.2, 0.25) is 5.02 Å². The number of rotatable bonds is 6. The molecule has 0 spiro atoms. The van der Waals surface area contributed by atoms with E-state index in [1.807, 2.05) is 12.1 Å². The summed E-state index contributed by atoms with van der Waals surface area (Å²) in [7, 11) is 0. The van der Waals surface area contributed by atoms with Crippen molar-refractivity contribution in [1.82, 2.24) is 10.3 Å². The van der Waals surface area contributed by atoms with Gasteiger partial charge in [-0.3, -0.25) is 9.78 Å². The van der Waals surface area contributed by atoms with Crippen LogP contribution in [0.4, 0.5) is 0 Å². The summed E-state index contributed by atoms with van der Waals surface area (Å²) in [5.41, 5.74) is 1.68. The van der Waals surface area contributed by atoms with Crippen molar-refractivity contribution in [2.75, 3.05) is 6.54 Å². The first-order valence-corrected chi connectivity index (χ1v) is 7.12. The average Bonchev–Trinajstić information content (AvgIpc) is 2.52. The molecular formula is C16H17ClN2O2. The Morgan fingerprint density at radius 2 is 1.95 bits per heavy atom. The van der Waals surface area contributed by atoms with Gasteiger partial charge in [0.25, 0.3) is 0 Å². The maximum atomic E-state index is 11.8. The fraction of sp³-hybridized carbons (Fsp3) is 0.250. The van der Waals surface area contributed by atoms with Crippen LogP contribution in [0.3, 0.4) is 0 Å². The lowest BCUT2D eigenvalue weighted by Gasteiger charge is -2.13. The molecule has 0 aliphatic heterocycles. The molecule has 21 heavy (non-hydrogen) atoms. The average molecular weight is 305 g/mol. The van der Waals surface area contributed by atoms with E-state index in [2.05, 4.69) is 10.3 Å². The molecule has 110 valence electrons. The Kier molecular flexibility index (Phi) is 5.72. The number of pyridine rings is 1. The Balaban J connectivity index is 1.77. The number of carbonyl (C=O) groups is 1. The highest BCUT2D eigenvalue weighted by molar-refractivity contribution is 6.31. The third-order valence-electron chi connectivity index (χ3n) is 3.15. The van der Waals surface area contributed by atoms with Crippen molar-refractivity contribution >= 4 is 17.5 Å². The first-order chi connectivity index (χ1) is 10.2. The molecular weight excluding hydrogens is 288 g/mol. The van der Waals surface area contributed by atoms with Crippen LogP contribution in [0.1, 0.15) is 23.7 Å². The van der Waals surface area contributed by atoms with Crippen molar-refractivity contribution in [3.05, 3.63) is 64.9 Å². The third-order valence-corrected chi connectivity index (χ3v) is 3.49. The van der Waals surface area contributed by atoms with Crippen LogP contribution in [-0.2, 0) is 11.2 Å². The summed E-state index contributed by atoms with van der Waals surface area (Å²) in [6.07, 6.45) is 3.63. The van der Waals surface area contributed by atoms with Crippen LogP contribution >= 0.6 is 11.6 Å². The summed E-state index contributed by atoms with van der Waals surface area (Å²) in [4.78, 5) is 15.7. The van der Waals surface area contributed by atoms with Crippen LogP contribution in [0.5, 0.6) is 0 Å². The molecule has 0 aliphatic rings. The Bertz CT molecular complexity index is 590. The Labute approximate surface area is 128 Å². The number of aliphatic hydroxyl groups is 1. The van der Waals surface area contributed by atoms with E-state index >= 15 is 0 Å². The SMILES string of the molecule is O=C(CCc1ccncc1)NCC(O)c1ccccc1Cl. The molecule has 0 saturated carbocycles. The Morgan fingerprint density at radius 1 is 1.24 bits per heavy atom. The lowest BCUT2D eigenvalue weighted by molar-refractivity contribution is -0.121. The number of nitrogens with one attached hydrogen (secondary N) is 1. The molecule has 1 unspecified atom stereocenters. The second-order valence-corrected chi connectivity index (χ2v) is 5.10. The zero-order valence-electron chi connectivity index (χ0n) is 11.5. The van der Waals surface area contributed by atoms with Gasteiger partial charge in [0, 0.05) is 35.9 Å².